The molecule has 130 valence electrons. The number of aryl methyl sites for hydroxylation is 1. The molecule has 1 aromatic heterocycles. The Labute approximate surface area is 141 Å². The van der Waals surface area contributed by atoms with Crippen molar-refractivity contribution >= 4 is 23.6 Å². The molecule has 2 saturated heterocycles. The molecule has 2 amide bonds. The molecule has 0 aliphatic carbocycles. The third kappa shape index (κ3) is 4.12. The molecule has 8 nitrogen and oxygen atoms in total. The van der Waals surface area contributed by atoms with E-state index in [1.54, 1.807) is 0 Å². The van der Waals surface area contributed by atoms with Gasteiger partial charge in [-0.05, 0) is 26.2 Å². The van der Waals surface area contributed by atoms with Crippen molar-refractivity contribution < 1.29 is 9.59 Å². The minimum atomic E-state index is -0.394. The molecule has 3 N–H and O–H groups in total. The van der Waals surface area contributed by atoms with Gasteiger partial charge >= 0.3 is 0 Å². The fraction of sp³-hybridized carbons (Fsp3) is 0.625. The van der Waals surface area contributed by atoms with Gasteiger partial charge in [-0.3, -0.25) is 9.59 Å². The molecule has 0 radical (unpaired) electrons. The molecule has 24 heavy (non-hydrogen) atoms. The minimum absolute atomic E-state index is 0.0594. The minimum Gasteiger partial charge on any atom is -0.356 e. The average Bonchev–Trinajstić information content (AvgIpc) is 3.22. The lowest BCUT2D eigenvalue weighted by Crippen LogP contribution is -2.43. The zero-order valence-corrected chi connectivity index (χ0v) is 14.0. The number of carbonyl (C=O) groups is 2. The van der Waals surface area contributed by atoms with Crippen molar-refractivity contribution in [3.63, 3.8) is 0 Å². The number of anilines is 2. The van der Waals surface area contributed by atoms with Crippen LogP contribution in [0.15, 0.2) is 6.07 Å². The van der Waals surface area contributed by atoms with Gasteiger partial charge in [0.15, 0.2) is 0 Å². The molecular weight excluding hydrogens is 308 g/mol. The molecule has 3 heterocycles. The van der Waals surface area contributed by atoms with E-state index in [0.29, 0.717) is 31.9 Å². The number of hydrogen-bond donors (Lipinski definition) is 3. The molecular formula is C16H24N6O2. The number of amides is 2. The third-order valence-corrected chi connectivity index (χ3v) is 4.29. The molecule has 2 aliphatic heterocycles. The van der Waals surface area contributed by atoms with Crippen molar-refractivity contribution in [2.45, 2.75) is 38.6 Å². The van der Waals surface area contributed by atoms with Crippen molar-refractivity contribution in [2.75, 3.05) is 36.4 Å². The number of nitrogens with zero attached hydrogens (tertiary/aromatic N) is 3. The van der Waals surface area contributed by atoms with Gasteiger partial charge in [0.05, 0.1) is 0 Å². The van der Waals surface area contributed by atoms with Gasteiger partial charge in [0, 0.05) is 44.4 Å². The summed E-state index contributed by atoms with van der Waals surface area (Å²) in [5.74, 6) is 1.35. The van der Waals surface area contributed by atoms with Crippen molar-refractivity contribution in [3.8, 4) is 0 Å². The zero-order chi connectivity index (χ0) is 16.9. The van der Waals surface area contributed by atoms with Crippen LogP contribution in [0.3, 0.4) is 0 Å². The summed E-state index contributed by atoms with van der Waals surface area (Å²) in [5, 5.41) is 8.63. The van der Waals surface area contributed by atoms with E-state index in [1.807, 2.05) is 13.0 Å². The normalized spacial score (nSPS) is 20.1. The molecule has 3 rings (SSSR count). The Kier molecular flexibility index (Phi) is 5.12. The van der Waals surface area contributed by atoms with Gasteiger partial charge in [-0.2, -0.15) is 4.98 Å². The summed E-state index contributed by atoms with van der Waals surface area (Å²) in [7, 11) is 0. The van der Waals surface area contributed by atoms with E-state index in [2.05, 4.69) is 30.8 Å². The second-order valence-electron chi connectivity index (χ2n) is 6.26. The summed E-state index contributed by atoms with van der Waals surface area (Å²) in [6.45, 7) is 5.03. The molecule has 2 aliphatic rings. The van der Waals surface area contributed by atoms with Crippen molar-refractivity contribution in [2.24, 2.45) is 0 Å². The van der Waals surface area contributed by atoms with Gasteiger partial charge in [0.1, 0.15) is 11.9 Å². The van der Waals surface area contributed by atoms with Gasteiger partial charge in [-0.15, -0.1) is 0 Å². The summed E-state index contributed by atoms with van der Waals surface area (Å²) in [6, 6.07) is 1.61. The SMILES string of the molecule is Cc1cc(N2CCCC2)nc(NCCNC(=O)C2CCC(=O)N2)n1. The Morgan fingerprint density at radius 3 is 2.83 bits per heavy atom. The number of aromatic nitrogens is 2. The van der Waals surface area contributed by atoms with Crippen LogP contribution >= 0.6 is 0 Å². The highest BCUT2D eigenvalue weighted by Crippen LogP contribution is 2.19. The van der Waals surface area contributed by atoms with E-state index in [1.165, 1.54) is 12.8 Å². The van der Waals surface area contributed by atoms with Crippen LogP contribution in [0.5, 0.6) is 0 Å². The molecule has 0 aromatic carbocycles. The highest BCUT2D eigenvalue weighted by atomic mass is 16.2. The molecule has 8 heteroatoms. The third-order valence-electron chi connectivity index (χ3n) is 4.29. The second-order valence-corrected chi connectivity index (χ2v) is 6.26. The van der Waals surface area contributed by atoms with Crippen LogP contribution in [0.1, 0.15) is 31.4 Å². The van der Waals surface area contributed by atoms with Crippen LogP contribution in [0.25, 0.3) is 0 Å². The van der Waals surface area contributed by atoms with Gasteiger partial charge < -0.3 is 20.9 Å². The highest BCUT2D eigenvalue weighted by Gasteiger charge is 2.26. The van der Waals surface area contributed by atoms with Crippen molar-refractivity contribution in [3.05, 3.63) is 11.8 Å². The van der Waals surface area contributed by atoms with E-state index in [-0.39, 0.29) is 11.8 Å². The fourth-order valence-corrected chi connectivity index (χ4v) is 3.03. The van der Waals surface area contributed by atoms with Crippen molar-refractivity contribution in [1.82, 2.24) is 20.6 Å². The second kappa shape index (κ2) is 7.46. The van der Waals surface area contributed by atoms with Crippen LogP contribution in [0, 0.1) is 6.92 Å². The largest absolute Gasteiger partial charge is 0.356 e. The maximum absolute atomic E-state index is 11.9. The number of nitrogens with one attached hydrogen (secondary N) is 3. The van der Waals surface area contributed by atoms with Crippen LogP contribution in [-0.4, -0.2) is 54.0 Å². The van der Waals surface area contributed by atoms with Gasteiger partial charge in [-0.1, -0.05) is 0 Å². The standard InChI is InChI=1S/C16H24N6O2/c1-11-10-13(22-8-2-3-9-22)21-16(19-11)18-7-6-17-15(24)12-4-5-14(23)20-12/h10,12H,2-9H2,1H3,(H,17,24)(H,20,23)(H,18,19,21). The first-order chi connectivity index (χ1) is 11.6. The smallest absolute Gasteiger partial charge is 0.242 e. The lowest BCUT2D eigenvalue weighted by Gasteiger charge is -2.18. The molecule has 1 aromatic rings. The molecule has 0 saturated carbocycles. The average molecular weight is 332 g/mol. The summed E-state index contributed by atoms with van der Waals surface area (Å²) in [5.41, 5.74) is 0.923. The molecule has 0 spiro atoms. The lowest BCUT2D eigenvalue weighted by molar-refractivity contribution is -0.125. The maximum atomic E-state index is 11.9. The summed E-state index contributed by atoms with van der Waals surface area (Å²) in [6.07, 6.45) is 3.40. The van der Waals surface area contributed by atoms with E-state index >= 15 is 0 Å². The first-order valence-corrected chi connectivity index (χ1v) is 8.53. The molecule has 1 atom stereocenters. The Bertz CT molecular complexity index is 615. The highest BCUT2D eigenvalue weighted by molar-refractivity contribution is 5.90. The molecule has 2 fully saturated rings. The van der Waals surface area contributed by atoms with Gasteiger partial charge in [0.2, 0.25) is 17.8 Å². The van der Waals surface area contributed by atoms with Crippen LogP contribution < -0.4 is 20.9 Å². The van der Waals surface area contributed by atoms with E-state index < -0.39 is 6.04 Å². The fourth-order valence-electron chi connectivity index (χ4n) is 3.03. The summed E-state index contributed by atoms with van der Waals surface area (Å²) >= 11 is 0. The first-order valence-electron chi connectivity index (χ1n) is 8.53. The Hall–Kier alpha value is -2.38. The lowest BCUT2D eigenvalue weighted by atomic mass is 10.2. The number of hydrogen-bond acceptors (Lipinski definition) is 6. The van der Waals surface area contributed by atoms with E-state index in [9.17, 15) is 9.59 Å². The Balaban J connectivity index is 1.46. The monoisotopic (exact) mass is 332 g/mol. The number of rotatable bonds is 6. The van der Waals surface area contributed by atoms with Gasteiger partial charge in [-0.25, -0.2) is 4.98 Å². The van der Waals surface area contributed by atoms with E-state index in [0.717, 1.165) is 24.6 Å². The Morgan fingerprint density at radius 1 is 1.33 bits per heavy atom. The topological polar surface area (TPSA) is 99.3 Å². The first kappa shape index (κ1) is 16.5. The maximum Gasteiger partial charge on any atom is 0.242 e. The predicted molar refractivity (Wildman–Crippen MR) is 90.9 cm³/mol. The number of carbonyl (C=O) groups excluding carboxylic acids is 2. The van der Waals surface area contributed by atoms with Crippen molar-refractivity contribution in [1.29, 1.82) is 0 Å². The zero-order valence-electron chi connectivity index (χ0n) is 14.0. The summed E-state index contributed by atoms with van der Waals surface area (Å²) < 4.78 is 0. The van der Waals surface area contributed by atoms with Crippen LogP contribution in [0.2, 0.25) is 0 Å². The summed E-state index contributed by atoms with van der Waals surface area (Å²) in [4.78, 5) is 34.2. The predicted octanol–water partition coefficient (Wildman–Crippen LogP) is 0.192. The van der Waals surface area contributed by atoms with Gasteiger partial charge in [0.25, 0.3) is 0 Å². The Morgan fingerprint density at radius 2 is 2.12 bits per heavy atom. The molecule has 0 bridgehead atoms. The van der Waals surface area contributed by atoms with Crippen LogP contribution in [0.4, 0.5) is 11.8 Å². The molecule has 1 unspecified atom stereocenters. The van der Waals surface area contributed by atoms with Crippen LogP contribution in [-0.2, 0) is 9.59 Å². The van der Waals surface area contributed by atoms with E-state index in [4.69, 9.17) is 0 Å². The quantitative estimate of drug-likeness (QED) is 0.643.